The summed E-state index contributed by atoms with van der Waals surface area (Å²) in [5, 5.41) is 5.07. The maximum absolute atomic E-state index is 12.5. The molecule has 1 atom stereocenters. The van der Waals surface area contributed by atoms with Gasteiger partial charge in [0.25, 0.3) is 0 Å². The highest BCUT2D eigenvalue weighted by atomic mass is 32.2. The van der Waals surface area contributed by atoms with E-state index in [9.17, 15) is 4.79 Å². The van der Waals surface area contributed by atoms with Crippen molar-refractivity contribution in [2.75, 3.05) is 5.75 Å². The average Bonchev–Trinajstić information content (AvgIpc) is 3.40. The molecule has 6 heteroatoms. The second-order valence-corrected chi connectivity index (χ2v) is 8.58. The van der Waals surface area contributed by atoms with Gasteiger partial charge in [-0.25, -0.2) is 4.98 Å². The molecule has 4 rings (SSSR count). The Kier molecular flexibility index (Phi) is 5.49. The van der Waals surface area contributed by atoms with Gasteiger partial charge >= 0.3 is 0 Å². The molecule has 0 saturated heterocycles. The van der Waals surface area contributed by atoms with Gasteiger partial charge in [0.15, 0.2) is 5.16 Å². The number of aryl methyl sites for hydroxylation is 1. The van der Waals surface area contributed by atoms with Crippen LogP contribution in [-0.4, -0.2) is 21.2 Å². The summed E-state index contributed by atoms with van der Waals surface area (Å²) in [7, 11) is 0. The number of thioether (sulfide) groups is 1. The largest absolute Gasteiger partial charge is 0.459 e. The quantitative estimate of drug-likeness (QED) is 0.571. The first-order chi connectivity index (χ1) is 13.5. The zero-order valence-corrected chi connectivity index (χ0v) is 17.5. The number of aromatic nitrogens is 2. The minimum atomic E-state index is -0.168. The Bertz CT molecular complexity index is 952. The van der Waals surface area contributed by atoms with Crippen molar-refractivity contribution >= 4 is 28.6 Å². The molecule has 0 unspecified atom stereocenters. The number of rotatable bonds is 6. The fourth-order valence-electron chi connectivity index (χ4n) is 3.99. The Morgan fingerprint density at radius 2 is 2.07 bits per heavy atom. The van der Waals surface area contributed by atoms with Crippen molar-refractivity contribution in [3.05, 3.63) is 47.5 Å². The fourth-order valence-corrected chi connectivity index (χ4v) is 4.96. The van der Waals surface area contributed by atoms with Gasteiger partial charge in [0.1, 0.15) is 11.3 Å². The van der Waals surface area contributed by atoms with Gasteiger partial charge in [0.05, 0.1) is 17.5 Å². The van der Waals surface area contributed by atoms with Crippen LogP contribution in [0.5, 0.6) is 0 Å². The van der Waals surface area contributed by atoms with Crippen molar-refractivity contribution in [1.29, 1.82) is 0 Å². The number of nitrogens with zero attached hydrogens (tertiary/aromatic N) is 2. The number of furan rings is 1. The summed E-state index contributed by atoms with van der Waals surface area (Å²) in [5.41, 5.74) is 3.13. The molecule has 1 saturated carbocycles. The van der Waals surface area contributed by atoms with Crippen molar-refractivity contribution in [3.63, 3.8) is 0 Å². The van der Waals surface area contributed by atoms with Crippen LogP contribution in [0.4, 0.5) is 0 Å². The minimum absolute atomic E-state index is 0.00534. The van der Waals surface area contributed by atoms with Crippen molar-refractivity contribution < 1.29 is 9.21 Å². The lowest BCUT2D eigenvalue weighted by atomic mass is 10.2. The maximum atomic E-state index is 12.5. The van der Waals surface area contributed by atoms with Crippen LogP contribution < -0.4 is 5.32 Å². The lowest BCUT2D eigenvalue weighted by Gasteiger charge is -2.17. The van der Waals surface area contributed by atoms with E-state index >= 15 is 0 Å². The molecule has 0 bridgehead atoms. The molecule has 1 amide bonds. The number of hydrogen-bond acceptors (Lipinski definition) is 4. The summed E-state index contributed by atoms with van der Waals surface area (Å²) in [6.07, 6.45) is 4.97. The molecule has 1 aliphatic rings. The molecule has 1 aliphatic carbocycles. The minimum Gasteiger partial charge on any atom is -0.459 e. The summed E-state index contributed by atoms with van der Waals surface area (Å²) in [5.74, 6) is 1.13. The average molecular weight is 398 g/mol. The van der Waals surface area contributed by atoms with Gasteiger partial charge in [0, 0.05) is 17.1 Å². The first-order valence-electron chi connectivity index (χ1n) is 9.99. The second kappa shape index (κ2) is 8.03. The number of para-hydroxylation sites is 1. The Morgan fingerprint density at radius 3 is 2.82 bits per heavy atom. The topological polar surface area (TPSA) is 60.1 Å². The third-order valence-electron chi connectivity index (χ3n) is 5.63. The SMILES string of the molecule is Cc1nc(SCC(=O)N[C@H](C)c2cc3ccccc3o2)n(C2CCCC2)c1C. The van der Waals surface area contributed by atoms with Crippen LogP contribution in [0.1, 0.15) is 61.8 Å². The fraction of sp³-hybridized carbons (Fsp3) is 0.455. The number of hydrogen-bond donors (Lipinski definition) is 1. The molecule has 28 heavy (non-hydrogen) atoms. The molecule has 0 radical (unpaired) electrons. The van der Waals surface area contributed by atoms with Crippen LogP contribution in [-0.2, 0) is 4.79 Å². The van der Waals surface area contributed by atoms with Crippen LogP contribution in [0, 0.1) is 13.8 Å². The third-order valence-corrected chi connectivity index (χ3v) is 6.58. The van der Waals surface area contributed by atoms with Crippen LogP contribution in [0.2, 0.25) is 0 Å². The molecule has 5 nitrogen and oxygen atoms in total. The first kappa shape index (κ1) is 19.1. The highest BCUT2D eigenvalue weighted by Crippen LogP contribution is 2.35. The number of benzene rings is 1. The number of amides is 1. The van der Waals surface area contributed by atoms with Crippen LogP contribution in [0.3, 0.4) is 0 Å². The summed E-state index contributed by atoms with van der Waals surface area (Å²) < 4.78 is 8.21. The van der Waals surface area contributed by atoms with E-state index in [0.717, 1.165) is 27.6 Å². The molecule has 1 fully saturated rings. The molecule has 0 spiro atoms. The van der Waals surface area contributed by atoms with E-state index < -0.39 is 0 Å². The predicted octanol–water partition coefficient (Wildman–Crippen LogP) is 5.33. The number of imidazole rings is 1. The van der Waals surface area contributed by atoms with Gasteiger partial charge in [-0.05, 0) is 45.7 Å². The normalized spacial score (nSPS) is 16.0. The Labute approximate surface area is 169 Å². The molecule has 2 aromatic heterocycles. The zero-order chi connectivity index (χ0) is 19.7. The first-order valence-corrected chi connectivity index (χ1v) is 11.0. The van der Waals surface area contributed by atoms with Crippen LogP contribution in [0.25, 0.3) is 11.0 Å². The van der Waals surface area contributed by atoms with Gasteiger partial charge in [-0.15, -0.1) is 0 Å². The lowest BCUT2D eigenvalue weighted by Crippen LogP contribution is -2.28. The predicted molar refractivity (Wildman–Crippen MR) is 113 cm³/mol. The second-order valence-electron chi connectivity index (χ2n) is 7.64. The van der Waals surface area contributed by atoms with Gasteiger partial charge in [0.2, 0.25) is 5.91 Å². The number of fused-ring (bicyclic) bond motifs is 1. The van der Waals surface area contributed by atoms with Gasteiger partial charge in [-0.2, -0.15) is 0 Å². The van der Waals surface area contributed by atoms with E-state index in [4.69, 9.17) is 9.40 Å². The van der Waals surface area contributed by atoms with E-state index in [2.05, 4.69) is 23.7 Å². The highest BCUT2D eigenvalue weighted by Gasteiger charge is 2.24. The van der Waals surface area contributed by atoms with Gasteiger partial charge in [-0.3, -0.25) is 4.79 Å². The summed E-state index contributed by atoms with van der Waals surface area (Å²) in [4.78, 5) is 17.2. The molecule has 148 valence electrons. The standard InChI is InChI=1S/C22H27N3O2S/c1-14-16(3)25(18-9-5-6-10-18)22(24-14)28-13-21(26)23-15(2)20-12-17-8-4-7-11-19(17)27-20/h4,7-8,11-12,15,18H,5-6,9-10,13H2,1-3H3,(H,23,26)/t15-/m1/s1. The Morgan fingerprint density at radius 1 is 1.32 bits per heavy atom. The van der Waals surface area contributed by atoms with E-state index in [1.807, 2.05) is 37.3 Å². The molecule has 1 N–H and O–H groups in total. The van der Waals surface area contributed by atoms with Crippen molar-refractivity contribution in [2.24, 2.45) is 0 Å². The lowest BCUT2D eigenvalue weighted by molar-refractivity contribution is -0.119. The Hall–Kier alpha value is -2.21. The molecule has 0 aliphatic heterocycles. The highest BCUT2D eigenvalue weighted by molar-refractivity contribution is 7.99. The molecule has 2 heterocycles. The van der Waals surface area contributed by atoms with E-state index in [-0.39, 0.29) is 11.9 Å². The van der Waals surface area contributed by atoms with Gasteiger partial charge < -0.3 is 14.3 Å². The monoisotopic (exact) mass is 397 g/mol. The number of carbonyl (C=O) groups excluding carboxylic acids is 1. The number of carbonyl (C=O) groups is 1. The smallest absolute Gasteiger partial charge is 0.231 e. The molecule has 3 aromatic rings. The van der Waals surface area contributed by atoms with E-state index in [0.29, 0.717) is 11.8 Å². The summed E-state index contributed by atoms with van der Waals surface area (Å²) >= 11 is 1.53. The van der Waals surface area contributed by atoms with Crippen molar-refractivity contribution in [3.8, 4) is 0 Å². The molecular weight excluding hydrogens is 370 g/mol. The molecule has 1 aromatic carbocycles. The van der Waals surface area contributed by atoms with Crippen molar-refractivity contribution in [1.82, 2.24) is 14.9 Å². The van der Waals surface area contributed by atoms with E-state index in [1.54, 1.807) is 0 Å². The zero-order valence-electron chi connectivity index (χ0n) is 16.7. The summed E-state index contributed by atoms with van der Waals surface area (Å²) in [6, 6.07) is 10.2. The van der Waals surface area contributed by atoms with Gasteiger partial charge in [-0.1, -0.05) is 42.8 Å². The third kappa shape index (κ3) is 3.83. The number of nitrogens with one attached hydrogen (secondary N) is 1. The van der Waals surface area contributed by atoms with Crippen molar-refractivity contribution in [2.45, 2.75) is 63.7 Å². The Balaban J connectivity index is 1.40. The maximum Gasteiger partial charge on any atom is 0.231 e. The van der Waals surface area contributed by atoms with Crippen LogP contribution in [0.15, 0.2) is 39.9 Å². The summed E-state index contributed by atoms with van der Waals surface area (Å²) in [6.45, 7) is 6.14. The van der Waals surface area contributed by atoms with Crippen LogP contribution >= 0.6 is 11.8 Å². The van der Waals surface area contributed by atoms with E-state index in [1.165, 1.54) is 43.1 Å². The molecular formula is C22H27N3O2S.